The summed E-state index contributed by atoms with van der Waals surface area (Å²) >= 11 is 0. The Labute approximate surface area is 97.4 Å². The third-order valence-electron chi connectivity index (χ3n) is 3.19. The maximum Gasteiger partial charge on any atom is 0.245 e. The van der Waals surface area contributed by atoms with Gasteiger partial charge in [0.05, 0.1) is 0 Å². The van der Waals surface area contributed by atoms with E-state index in [-0.39, 0.29) is 29.9 Å². The summed E-state index contributed by atoms with van der Waals surface area (Å²) in [7, 11) is 0. The van der Waals surface area contributed by atoms with Crippen LogP contribution in [0.5, 0.6) is 0 Å². The molecule has 1 saturated heterocycles. The Morgan fingerprint density at radius 1 is 1.38 bits per heavy atom. The molecule has 0 radical (unpaired) electrons. The molecule has 3 atom stereocenters. The number of hydrogen-bond acceptors (Lipinski definition) is 2. The number of nitrogens with one attached hydrogen (secondary N) is 1. The number of piperazine rings is 1. The van der Waals surface area contributed by atoms with Gasteiger partial charge in [-0.1, -0.05) is 20.3 Å². The fourth-order valence-corrected chi connectivity index (χ4v) is 2.34. The minimum atomic E-state index is -0.380. The van der Waals surface area contributed by atoms with Gasteiger partial charge in [-0.3, -0.25) is 9.59 Å². The van der Waals surface area contributed by atoms with Crippen molar-refractivity contribution >= 4 is 11.8 Å². The minimum Gasteiger partial charge on any atom is -0.343 e. The van der Waals surface area contributed by atoms with Crippen molar-refractivity contribution in [2.24, 2.45) is 0 Å². The molecule has 0 bridgehead atoms. The SMILES string of the molecule is CCCC(C)N1C(=O)C(C)NC(=O)C1CC. The van der Waals surface area contributed by atoms with Gasteiger partial charge in [-0.25, -0.2) is 0 Å². The van der Waals surface area contributed by atoms with Crippen LogP contribution in [0.15, 0.2) is 0 Å². The quantitative estimate of drug-likeness (QED) is 0.785. The van der Waals surface area contributed by atoms with Gasteiger partial charge in [-0.2, -0.15) is 0 Å². The lowest BCUT2D eigenvalue weighted by molar-refractivity contribution is -0.151. The van der Waals surface area contributed by atoms with Gasteiger partial charge in [0.1, 0.15) is 12.1 Å². The van der Waals surface area contributed by atoms with Crippen molar-refractivity contribution in [3.8, 4) is 0 Å². The molecule has 3 unspecified atom stereocenters. The van der Waals surface area contributed by atoms with Crippen LogP contribution in [0.2, 0.25) is 0 Å². The summed E-state index contributed by atoms with van der Waals surface area (Å²) in [4.78, 5) is 25.6. The van der Waals surface area contributed by atoms with Crippen molar-refractivity contribution in [1.82, 2.24) is 10.2 Å². The molecule has 0 aromatic rings. The first kappa shape index (κ1) is 13.0. The van der Waals surface area contributed by atoms with Crippen LogP contribution in [-0.2, 0) is 9.59 Å². The molecule has 0 spiro atoms. The highest BCUT2D eigenvalue weighted by Crippen LogP contribution is 2.19. The Morgan fingerprint density at radius 2 is 2.00 bits per heavy atom. The molecule has 92 valence electrons. The van der Waals surface area contributed by atoms with E-state index in [2.05, 4.69) is 12.2 Å². The molecule has 1 rings (SSSR count). The van der Waals surface area contributed by atoms with Crippen molar-refractivity contribution in [2.45, 2.75) is 65.1 Å². The van der Waals surface area contributed by atoms with Gasteiger partial charge < -0.3 is 10.2 Å². The molecular formula is C12H22N2O2. The number of nitrogens with zero attached hydrogens (tertiary/aromatic N) is 1. The fourth-order valence-electron chi connectivity index (χ4n) is 2.34. The van der Waals surface area contributed by atoms with E-state index in [1.165, 1.54) is 0 Å². The molecule has 1 heterocycles. The van der Waals surface area contributed by atoms with E-state index in [1.54, 1.807) is 11.8 Å². The van der Waals surface area contributed by atoms with Gasteiger partial charge in [-0.15, -0.1) is 0 Å². The second kappa shape index (κ2) is 5.32. The highest BCUT2D eigenvalue weighted by molar-refractivity contribution is 5.96. The summed E-state index contributed by atoms with van der Waals surface area (Å²) in [6.45, 7) is 7.81. The molecule has 0 saturated carbocycles. The summed E-state index contributed by atoms with van der Waals surface area (Å²) in [6, 6.07) is -0.518. The van der Waals surface area contributed by atoms with Crippen LogP contribution in [-0.4, -0.2) is 34.8 Å². The van der Waals surface area contributed by atoms with Crippen LogP contribution >= 0.6 is 0 Å². The molecule has 16 heavy (non-hydrogen) atoms. The van der Waals surface area contributed by atoms with E-state index in [4.69, 9.17) is 0 Å². The van der Waals surface area contributed by atoms with E-state index in [0.717, 1.165) is 12.8 Å². The number of carbonyl (C=O) groups is 2. The van der Waals surface area contributed by atoms with Crippen molar-refractivity contribution < 1.29 is 9.59 Å². The van der Waals surface area contributed by atoms with Crippen molar-refractivity contribution in [3.05, 3.63) is 0 Å². The third-order valence-corrected chi connectivity index (χ3v) is 3.19. The van der Waals surface area contributed by atoms with Crippen LogP contribution in [0.4, 0.5) is 0 Å². The summed E-state index contributed by atoms with van der Waals surface area (Å²) in [6.07, 6.45) is 2.65. The average Bonchev–Trinajstić information content (AvgIpc) is 2.23. The van der Waals surface area contributed by atoms with E-state index in [0.29, 0.717) is 6.42 Å². The summed E-state index contributed by atoms with van der Waals surface area (Å²) < 4.78 is 0. The molecule has 4 heteroatoms. The van der Waals surface area contributed by atoms with Gasteiger partial charge in [0.2, 0.25) is 11.8 Å². The van der Waals surface area contributed by atoms with Gasteiger partial charge in [-0.05, 0) is 26.7 Å². The smallest absolute Gasteiger partial charge is 0.245 e. The van der Waals surface area contributed by atoms with E-state index >= 15 is 0 Å². The summed E-state index contributed by atoms with van der Waals surface area (Å²) in [5, 5.41) is 2.73. The van der Waals surface area contributed by atoms with Crippen LogP contribution in [0, 0.1) is 0 Å². The molecule has 0 aromatic heterocycles. The van der Waals surface area contributed by atoms with Crippen LogP contribution in [0.1, 0.15) is 47.0 Å². The van der Waals surface area contributed by atoms with Crippen LogP contribution in [0.25, 0.3) is 0 Å². The largest absolute Gasteiger partial charge is 0.343 e. The molecule has 1 aliphatic heterocycles. The maximum absolute atomic E-state index is 12.1. The molecule has 0 aliphatic carbocycles. The van der Waals surface area contributed by atoms with Crippen LogP contribution in [0.3, 0.4) is 0 Å². The van der Waals surface area contributed by atoms with Crippen molar-refractivity contribution in [3.63, 3.8) is 0 Å². The zero-order chi connectivity index (χ0) is 12.3. The lowest BCUT2D eigenvalue weighted by Gasteiger charge is -2.41. The number of carbonyl (C=O) groups excluding carboxylic acids is 2. The van der Waals surface area contributed by atoms with E-state index in [1.807, 2.05) is 13.8 Å². The van der Waals surface area contributed by atoms with E-state index < -0.39 is 0 Å². The van der Waals surface area contributed by atoms with E-state index in [9.17, 15) is 9.59 Å². The molecule has 1 fully saturated rings. The highest BCUT2D eigenvalue weighted by atomic mass is 16.2. The van der Waals surface area contributed by atoms with Crippen molar-refractivity contribution in [2.75, 3.05) is 0 Å². The zero-order valence-electron chi connectivity index (χ0n) is 10.6. The molecule has 0 aromatic carbocycles. The zero-order valence-corrected chi connectivity index (χ0v) is 10.6. The van der Waals surface area contributed by atoms with Crippen LogP contribution < -0.4 is 5.32 Å². The Balaban J connectivity index is 2.88. The standard InChI is InChI=1S/C12H22N2O2/c1-5-7-8(3)14-10(6-2)11(15)13-9(4)12(14)16/h8-10H,5-7H2,1-4H3,(H,13,15). The second-order valence-electron chi connectivity index (χ2n) is 4.54. The minimum absolute atomic E-state index is 0.0162. The Morgan fingerprint density at radius 3 is 2.50 bits per heavy atom. The molecular weight excluding hydrogens is 204 g/mol. The molecule has 4 nitrogen and oxygen atoms in total. The number of rotatable bonds is 4. The molecule has 2 amide bonds. The number of amides is 2. The Bertz CT molecular complexity index is 278. The predicted molar refractivity (Wildman–Crippen MR) is 62.9 cm³/mol. The van der Waals surface area contributed by atoms with Gasteiger partial charge in [0, 0.05) is 6.04 Å². The second-order valence-corrected chi connectivity index (χ2v) is 4.54. The Hall–Kier alpha value is -1.06. The van der Waals surface area contributed by atoms with Crippen molar-refractivity contribution in [1.29, 1.82) is 0 Å². The van der Waals surface area contributed by atoms with Gasteiger partial charge in [0.15, 0.2) is 0 Å². The topological polar surface area (TPSA) is 49.4 Å². The maximum atomic E-state index is 12.1. The Kier molecular flexibility index (Phi) is 4.33. The monoisotopic (exact) mass is 226 g/mol. The number of hydrogen-bond donors (Lipinski definition) is 1. The summed E-state index contributed by atoms with van der Waals surface area (Å²) in [5.74, 6) is 0.0324. The normalized spacial score (nSPS) is 27.9. The highest BCUT2D eigenvalue weighted by Gasteiger charge is 2.39. The van der Waals surface area contributed by atoms with Gasteiger partial charge >= 0.3 is 0 Å². The lowest BCUT2D eigenvalue weighted by atomic mass is 10.0. The third kappa shape index (κ3) is 2.36. The summed E-state index contributed by atoms with van der Waals surface area (Å²) in [5.41, 5.74) is 0. The molecule has 1 aliphatic rings. The first-order valence-electron chi connectivity index (χ1n) is 6.15. The first-order chi connectivity index (χ1) is 7.52. The first-order valence-corrected chi connectivity index (χ1v) is 6.15. The lowest BCUT2D eigenvalue weighted by Crippen LogP contribution is -2.64. The van der Waals surface area contributed by atoms with Gasteiger partial charge in [0.25, 0.3) is 0 Å². The average molecular weight is 226 g/mol. The fraction of sp³-hybridized carbons (Fsp3) is 0.833. The molecule has 1 N–H and O–H groups in total. The predicted octanol–water partition coefficient (Wildman–Crippen LogP) is 1.30.